The molecule has 3 heteroatoms. The molecular weight excluding hydrogens is 260 g/mol. The maximum Gasteiger partial charge on any atom is 0.144 e. The zero-order chi connectivity index (χ0) is 15.5. The van der Waals surface area contributed by atoms with Crippen LogP contribution in [-0.2, 0) is 5.41 Å². The minimum absolute atomic E-state index is 0.159. The Morgan fingerprint density at radius 1 is 1.05 bits per heavy atom. The van der Waals surface area contributed by atoms with E-state index in [2.05, 4.69) is 50.4 Å². The number of nitrogens with two attached hydrogens (primary N) is 1. The molecule has 0 fully saturated rings. The number of para-hydroxylation sites is 1. The molecule has 3 N–H and O–H groups in total. The van der Waals surface area contributed by atoms with Gasteiger partial charge in [-0.2, -0.15) is 0 Å². The van der Waals surface area contributed by atoms with Crippen LogP contribution >= 0.6 is 0 Å². The van der Waals surface area contributed by atoms with E-state index in [1.165, 1.54) is 5.56 Å². The Balaban J connectivity index is 2.20. The Kier molecular flexibility index (Phi) is 4.41. The van der Waals surface area contributed by atoms with Crippen LogP contribution in [0.25, 0.3) is 0 Å². The first kappa shape index (κ1) is 15.2. The molecule has 0 unspecified atom stereocenters. The van der Waals surface area contributed by atoms with Crippen LogP contribution in [0.1, 0.15) is 33.3 Å². The van der Waals surface area contributed by atoms with Crippen molar-refractivity contribution in [3.8, 4) is 5.75 Å². The maximum atomic E-state index is 6.13. The lowest BCUT2D eigenvalue weighted by Crippen LogP contribution is -2.10. The van der Waals surface area contributed by atoms with Crippen molar-refractivity contribution in [2.45, 2.75) is 33.1 Å². The summed E-state index contributed by atoms with van der Waals surface area (Å²) in [6.45, 7) is 9.18. The van der Waals surface area contributed by atoms with Crippen LogP contribution in [0.5, 0.6) is 5.75 Å². The van der Waals surface area contributed by atoms with Gasteiger partial charge >= 0.3 is 0 Å². The average molecular weight is 284 g/mol. The molecule has 0 radical (unpaired) electrons. The smallest absolute Gasteiger partial charge is 0.144 e. The molecule has 0 aliphatic carbocycles. The van der Waals surface area contributed by atoms with Crippen LogP contribution in [-0.4, -0.2) is 6.61 Å². The second kappa shape index (κ2) is 6.08. The number of rotatable bonds is 4. The molecule has 0 bridgehead atoms. The zero-order valence-electron chi connectivity index (χ0n) is 13.2. The van der Waals surface area contributed by atoms with Gasteiger partial charge in [0.1, 0.15) is 5.75 Å². The van der Waals surface area contributed by atoms with Crippen molar-refractivity contribution >= 4 is 17.1 Å². The highest BCUT2D eigenvalue weighted by Gasteiger charge is 2.13. The number of ether oxygens (including phenoxy) is 1. The van der Waals surface area contributed by atoms with Crippen molar-refractivity contribution in [3.63, 3.8) is 0 Å². The van der Waals surface area contributed by atoms with Gasteiger partial charge in [-0.3, -0.25) is 0 Å². The molecule has 0 atom stereocenters. The predicted octanol–water partition coefficient (Wildman–Crippen LogP) is 4.71. The van der Waals surface area contributed by atoms with E-state index < -0.39 is 0 Å². The molecule has 0 spiro atoms. The number of nitrogen functional groups attached to an aromatic ring is 1. The van der Waals surface area contributed by atoms with Crippen LogP contribution in [0.3, 0.4) is 0 Å². The molecule has 2 aromatic rings. The van der Waals surface area contributed by atoms with E-state index in [0.29, 0.717) is 18.0 Å². The van der Waals surface area contributed by atoms with Crippen LogP contribution in [0.2, 0.25) is 0 Å². The van der Waals surface area contributed by atoms with Crippen molar-refractivity contribution in [2.75, 3.05) is 17.7 Å². The Morgan fingerprint density at radius 3 is 2.29 bits per heavy atom. The number of benzene rings is 2. The second-order valence-electron chi connectivity index (χ2n) is 6.10. The summed E-state index contributed by atoms with van der Waals surface area (Å²) < 4.78 is 5.51. The summed E-state index contributed by atoms with van der Waals surface area (Å²) in [6.07, 6.45) is 0. The number of anilines is 3. The minimum Gasteiger partial charge on any atom is -0.492 e. The Labute approximate surface area is 127 Å². The molecule has 2 aromatic carbocycles. The van der Waals surface area contributed by atoms with Crippen molar-refractivity contribution < 1.29 is 4.74 Å². The molecule has 21 heavy (non-hydrogen) atoms. The summed E-state index contributed by atoms with van der Waals surface area (Å²) >= 11 is 0. The normalized spacial score (nSPS) is 11.2. The van der Waals surface area contributed by atoms with E-state index in [1.807, 2.05) is 25.1 Å². The fraction of sp³-hybridized carbons (Fsp3) is 0.333. The Morgan fingerprint density at radius 2 is 1.71 bits per heavy atom. The largest absolute Gasteiger partial charge is 0.492 e. The average Bonchev–Trinajstić information content (AvgIpc) is 2.43. The van der Waals surface area contributed by atoms with Crippen molar-refractivity contribution in [1.82, 2.24) is 0 Å². The lowest BCUT2D eigenvalue weighted by Gasteiger charge is -2.19. The van der Waals surface area contributed by atoms with Crippen molar-refractivity contribution in [1.29, 1.82) is 0 Å². The monoisotopic (exact) mass is 284 g/mol. The molecular formula is C18H24N2O. The van der Waals surface area contributed by atoms with Gasteiger partial charge in [-0.25, -0.2) is 0 Å². The van der Waals surface area contributed by atoms with Gasteiger partial charge in [-0.15, -0.1) is 0 Å². The molecule has 112 valence electrons. The van der Waals surface area contributed by atoms with Gasteiger partial charge in [0.15, 0.2) is 0 Å². The van der Waals surface area contributed by atoms with E-state index >= 15 is 0 Å². The molecule has 0 saturated carbocycles. The summed E-state index contributed by atoms with van der Waals surface area (Å²) in [6, 6.07) is 14.2. The van der Waals surface area contributed by atoms with Gasteiger partial charge in [-0.05, 0) is 42.2 Å². The van der Waals surface area contributed by atoms with E-state index in [-0.39, 0.29) is 5.41 Å². The molecule has 3 nitrogen and oxygen atoms in total. The highest BCUT2D eigenvalue weighted by molar-refractivity contribution is 5.77. The fourth-order valence-electron chi connectivity index (χ4n) is 2.14. The highest BCUT2D eigenvalue weighted by atomic mass is 16.5. The van der Waals surface area contributed by atoms with E-state index in [1.54, 1.807) is 0 Å². The summed E-state index contributed by atoms with van der Waals surface area (Å²) in [5.41, 5.74) is 10.1. The molecule has 0 aliphatic rings. The summed E-state index contributed by atoms with van der Waals surface area (Å²) in [5.74, 6) is 0.716. The summed E-state index contributed by atoms with van der Waals surface area (Å²) in [4.78, 5) is 0. The first-order valence-corrected chi connectivity index (χ1v) is 7.30. The van der Waals surface area contributed by atoms with Gasteiger partial charge in [0.2, 0.25) is 0 Å². The zero-order valence-corrected chi connectivity index (χ0v) is 13.2. The first-order chi connectivity index (χ1) is 9.91. The lowest BCUT2D eigenvalue weighted by atomic mass is 9.87. The first-order valence-electron chi connectivity index (χ1n) is 7.30. The van der Waals surface area contributed by atoms with E-state index in [9.17, 15) is 0 Å². The van der Waals surface area contributed by atoms with Gasteiger partial charge in [0.25, 0.3) is 0 Å². The lowest BCUT2D eigenvalue weighted by molar-refractivity contribution is 0.342. The van der Waals surface area contributed by atoms with Gasteiger partial charge in [0.05, 0.1) is 18.0 Å². The van der Waals surface area contributed by atoms with Crippen molar-refractivity contribution in [2.24, 2.45) is 0 Å². The summed E-state index contributed by atoms with van der Waals surface area (Å²) in [5, 5.41) is 3.34. The van der Waals surface area contributed by atoms with E-state index in [0.717, 1.165) is 11.4 Å². The molecule has 0 aromatic heterocycles. The molecule has 2 rings (SSSR count). The van der Waals surface area contributed by atoms with Gasteiger partial charge < -0.3 is 15.8 Å². The summed E-state index contributed by atoms with van der Waals surface area (Å²) in [7, 11) is 0. The maximum absolute atomic E-state index is 6.13. The van der Waals surface area contributed by atoms with Gasteiger partial charge in [0, 0.05) is 5.69 Å². The second-order valence-corrected chi connectivity index (χ2v) is 6.10. The number of hydrogen-bond donors (Lipinski definition) is 2. The fourth-order valence-corrected chi connectivity index (χ4v) is 2.14. The quantitative estimate of drug-likeness (QED) is 0.799. The Hall–Kier alpha value is -2.16. The standard InChI is InChI=1S/C18H24N2O/c1-5-21-16-8-6-7-15(17(16)19)20-14-11-9-13(10-12-14)18(2,3)4/h6-12,20H,5,19H2,1-4H3. The predicted molar refractivity (Wildman–Crippen MR) is 90.4 cm³/mol. The van der Waals surface area contributed by atoms with E-state index in [4.69, 9.17) is 10.5 Å². The van der Waals surface area contributed by atoms with Crippen molar-refractivity contribution in [3.05, 3.63) is 48.0 Å². The Bertz CT molecular complexity index is 598. The van der Waals surface area contributed by atoms with Crippen LogP contribution in [0.15, 0.2) is 42.5 Å². The molecule has 0 amide bonds. The minimum atomic E-state index is 0.159. The van der Waals surface area contributed by atoms with Crippen LogP contribution in [0.4, 0.5) is 17.1 Å². The third kappa shape index (κ3) is 3.69. The van der Waals surface area contributed by atoms with Crippen LogP contribution in [0, 0.1) is 0 Å². The number of hydrogen-bond acceptors (Lipinski definition) is 3. The highest BCUT2D eigenvalue weighted by Crippen LogP contribution is 2.32. The van der Waals surface area contributed by atoms with Crippen LogP contribution < -0.4 is 15.8 Å². The molecule has 0 aliphatic heterocycles. The van der Waals surface area contributed by atoms with Gasteiger partial charge in [-0.1, -0.05) is 39.0 Å². The topological polar surface area (TPSA) is 47.3 Å². The molecule has 0 heterocycles. The number of nitrogens with one attached hydrogen (secondary N) is 1. The SMILES string of the molecule is CCOc1cccc(Nc2ccc(C(C)(C)C)cc2)c1N. The molecule has 0 saturated heterocycles. The third-order valence-corrected chi connectivity index (χ3v) is 3.40. The third-order valence-electron chi connectivity index (χ3n) is 3.40.